The molecule has 0 radical (unpaired) electrons. The molecule has 5 heteroatoms. The number of likely N-dealkylation sites (tertiary alicyclic amines) is 1. The zero-order chi connectivity index (χ0) is 17.6. The summed E-state index contributed by atoms with van der Waals surface area (Å²) < 4.78 is 6.47. The number of hydrogen-bond donors (Lipinski definition) is 0. The monoisotopic (exact) mass is 421 g/mol. The second-order valence-corrected chi connectivity index (χ2v) is 7.70. The Bertz CT molecular complexity index is 715. The van der Waals surface area contributed by atoms with Gasteiger partial charge in [-0.3, -0.25) is 4.79 Å². The summed E-state index contributed by atoms with van der Waals surface area (Å²) >= 11 is 9.47. The zero-order valence-corrected chi connectivity index (χ0v) is 16.3. The molecule has 0 bridgehead atoms. The zero-order valence-electron chi connectivity index (χ0n) is 14.0. The van der Waals surface area contributed by atoms with Gasteiger partial charge in [-0.1, -0.05) is 57.9 Å². The van der Waals surface area contributed by atoms with Crippen molar-refractivity contribution in [2.24, 2.45) is 5.92 Å². The Labute approximate surface area is 162 Å². The van der Waals surface area contributed by atoms with E-state index in [-0.39, 0.29) is 12.5 Å². The first kappa shape index (κ1) is 18.3. The molecule has 0 aromatic heterocycles. The molecule has 0 spiro atoms. The van der Waals surface area contributed by atoms with Crippen LogP contribution in [-0.4, -0.2) is 30.5 Å². The molecule has 1 fully saturated rings. The van der Waals surface area contributed by atoms with E-state index in [1.807, 2.05) is 17.0 Å². The van der Waals surface area contributed by atoms with Gasteiger partial charge in [0.1, 0.15) is 5.75 Å². The highest BCUT2D eigenvalue weighted by Gasteiger charge is 2.23. The van der Waals surface area contributed by atoms with E-state index in [0.29, 0.717) is 16.7 Å². The summed E-state index contributed by atoms with van der Waals surface area (Å²) in [5.74, 6) is 1.21. The van der Waals surface area contributed by atoms with E-state index in [9.17, 15) is 4.79 Å². The molecule has 1 amide bonds. The fraction of sp³-hybridized carbons (Fsp3) is 0.350. The van der Waals surface area contributed by atoms with Crippen molar-refractivity contribution in [2.75, 3.05) is 19.7 Å². The molecule has 3 rings (SSSR count). The average Bonchev–Trinajstić information content (AvgIpc) is 2.62. The smallest absolute Gasteiger partial charge is 0.260 e. The lowest BCUT2D eigenvalue weighted by molar-refractivity contribution is -0.134. The maximum Gasteiger partial charge on any atom is 0.260 e. The molecular formula is C20H21BrClNO2. The van der Waals surface area contributed by atoms with Crippen LogP contribution >= 0.6 is 27.5 Å². The van der Waals surface area contributed by atoms with Crippen molar-refractivity contribution < 1.29 is 9.53 Å². The molecule has 3 nitrogen and oxygen atoms in total. The number of nitrogens with zero attached hydrogens (tertiary/aromatic N) is 1. The highest BCUT2D eigenvalue weighted by atomic mass is 79.9. The van der Waals surface area contributed by atoms with Crippen molar-refractivity contribution in [3.05, 3.63) is 63.6 Å². The minimum absolute atomic E-state index is 0.0251. The summed E-state index contributed by atoms with van der Waals surface area (Å²) in [7, 11) is 0. The van der Waals surface area contributed by atoms with Gasteiger partial charge in [-0.2, -0.15) is 0 Å². The molecular weight excluding hydrogens is 402 g/mol. The second kappa shape index (κ2) is 8.72. The molecule has 0 saturated carbocycles. The van der Waals surface area contributed by atoms with Gasteiger partial charge in [0.25, 0.3) is 5.91 Å². The van der Waals surface area contributed by atoms with Gasteiger partial charge in [0, 0.05) is 17.6 Å². The SMILES string of the molecule is O=C(COc1ccc(Br)cc1Cl)N1CCC(Cc2ccccc2)CC1. The summed E-state index contributed by atoms with van der Waals surface area (Å²) in [4.78, 5) is 14.3. The fourth-order valence-electron chi connectivity index (χ4n) is 3.16. The van der Waals surface area contributed by atoms with Crippen LogP contribution in [0.2, 0.25) is 5.02 Å². The van der Waals surface area contributed by atoms with Crippen LogP contribution in [0.1, 0.15) is 18.4 Å². The number of piperidine rings is 1. The van der Waals surface area contributed by atoms with Gasteiger partial charge in [-0.15, -0.1) is 0 Å². The molecule has 1 heterocycles. The molecule has 1 aliphatic rings. The van der Waals surface area contributed by atoms with Gasteiger partial charge in [0.2, 0.25) is 0 Å². The Morgan fingerprint density at radius 1 is 1.16 bits per heavy atom. The average molecular weight is 423 g/mol. The van der Waals surface area contributed by atoms with E-state index >= 15 is 0 Å². The molecule has 132 valence electrons. The van der Waals surface area contributed by atoms with Gasteiger partial charge in [0.15, 0.2) is 6.61 Å². The fourth-order valence-corrected chi connectivity index (χ4v) is 3.88. The Morgan fingerprint density at radius 3 is 2.56 bits per heavy atom. The lowest BCUT2D eigenvalue weighted by atomic mass is 9.90. The minimum atomic E-state index is 0.0251. The summed E-state index contributed by atoms with van der Waals surface area (Å²) in [5.41, 5.74) is 1.38. The van der Waals surface area contributed by atoms with E-state index in [1.54, 1.807) is 12.1 Å². The Balaban J connectivity index is 1.45. The quantitative estimate of drug-likeness (QED) is 0.681. The Kier molecular flexibility index (Phi) is 6.38. The topological polar surface area (TPSA) is 29.5 Å². The molecule has 2 aromatic carbocycles. The van der Waals surface area contributed by atoms with Crippen molar-refractivity contribution in [1.82, 2.24) is 4.90 Å². The van der Waals surface area contributed by atoms with Crippen molar-refractivity contribution in [3.63, 3.8) is 0 Å². The molecule has 0 aliphatic carbocycles. The van der Waals surface area contributed by atoms with Gasteiger partial charge in [-0.25, -0.2) is 0 Å². The molecule has 1 aliphatic heterocycles. The molecule has 0 N–H and O–H groups in total. The maximum absolute atomic E-state index is 12.4. The number of hydrogen-bond acceptors (Lipinski definition) is 2. The number of halogens is 2. The third kappa shape index (κ3) is 5.23. The van der Waals surface area contributed by atoms with Crippen molar-refractivity contribution in [1.29, 1.82) is 0 Å². The van der Waals surface area contributed by atoms with Crippen molar-refractivity contribution in [3.8, 4) is 5.75 Å². The van der Waals surface area contributed by atoms with Gasteiger partial charge >= 0.3 is 0 Å². The van der Waals surface area contributed by atoms with Crippen LogP contribution in [0.15, 0.2) is 53.0 Å². The molecule has 2 aromatic rings. The number of benzene rings is 2. The Morgan fingerprint density at radius 2 is 1.88 bits per heavy atom. The second-order valence-electron chi connectivity index (χ2n) is 6.38. The summed E-state index contributed by atoms with van der Waals surface area (Å²) in [6, 6.07) is 15.9. The molecule has 0 atom stereocenters. The normalized spacial score (nSPS) is 15.2. The van der Waals surface area contributed by atoms with Gasteiger partial charge in [0.05, 0.1) is 5.02 Å². The van der Waals surface area contributed by atoms with E-state index in [4.69, 9.17) is 16.3 Å². The van der Waals surface area contributed by atoms with E-state index in [2.05, 4.69) is 40.2 Å². The predicted octanol–water partition coefficient (Wildman–Crippen LogP) is 4.96. The van der Waals surface area contributed by atoms with Crippen molar-refractivity contribution in [2.45, 2.75) is 19.3 Å². The highest BCUT2D eigenvalue weighted by Crippen LogP contribution is 2.28. The summed E-state index contributed by atoms with van der Waals surface area (Å²) in [6.45, 7) is 1.63. The Hall–Kier alpha value is -1.52. The van der Waals surface area contributed by atoms with Crippen LogP contribution in [0.4, 0.5) is 0 Å². The minimum Gasteiger partial charge on any atom is -0.482 e. The largest absolute Gasteiger partial charge is 0.482 e. The third-order valence-electron chi connectivity index (χ3n) is 4.58. The van der Waals surface area contributed by atoms with E-state index in [1.165, 1.54) is 5.56 Å². The van der Waals surface area contributed by atoms with E-state index < -0.39 is 0 Å². The summed E-state index contributed by atoms with van der Waals surface area (Å²) in [5, 5.41) is 0.503. The standard InChI is InChI=1S/C20H21BrClNO2/c21-17-6-7-19(18(22)13-17)25-14-20(24)23-10-8-16(9-11-23)12-15-4-2-1-3-5-15/h1-7,13,16H,8-12,14H2. The van der Waals surface area contributed by atoms with Crippen LogP contribution in [-0.2, 0) is 11.2 Å². The van der Waals surface area contributed by atoms with Crippen LogP contribution in [0, 0.1) is 5.92 Å². The molecule has 1 saturated heterocycles. The number of amides is 1. The van der Waals surface area contributed by atoms with Crippen LogP contribution in [0.5, 0.6) is 5.75 Å². The molecule has 0 unspecified atom stereocenters. The van der Waals surface area contributed by atoms with Crippen LogP contribution in [0.25, 0.3) is 0 Å². The van der Waals surface area contributed by atoms with Gasteiger partial charge in [-0.05, 0) is 48.9 Å². The predicted molar refractivity (Wildman–Crippen MR) is 104 cm³/mol. The highest BCUT2D eigenvalue weighted by molar-refractivity contribution is 9.10. The van der Waals surface area contributed by atoms with E-state index in [0.717, 1.165) is 36.8 Å². The third-order valence-corrected chi connectivity index (χ3v) is 5.37. The first-order chi connectivity index (χ1) is 12.1. The lowest BCUT2D eigenvalue weighted by Gasteiger charge is -2.32. The van der Waals surface area contributed by atoms with Gasteiger partial charge < -0.3 is 9.64 Å². The van der Waals surface area contributed by atoms with Crippen LogP contribution < -0.4 is 4.74 Å². The van der Waals surface area contributed by atoms with Crippen molar-refractivity contribution >= 4 is 33.4 Å². The van der Waals surface area contributed by atoms with Crippen LogP contribution in [0.3, 0.4) is 0 Å². The number of carbonyl (C=O) groups is 1. The molecule has 25 heavy (non-hydrogen) atoms. The number of ether oxygens (including phenoxy) is 1. The first-order valence-corrected chi connectivity index (χ1v) is 9.68. The summed E-state index contributed by atoms with van der Waals surface area (Å²) in [6.07, 6.45) is 3.17. The number of rotatable bonds is 5. The first-order valence-electron chi connectivity index (χ1n) is 8.51. The lowest BCUT2D eigenvalue weighted by Crippen LogP contribution is -2.41. The number of carbonyl (C=O) groups excluding carboxylic acids is 1. The maximum atomic E-state index is 12.4.